The second-order valence-electron chi connectivity index (χ2n) is 8.31. The zero-order chi connectivity index (χ0) is 25.5. The molecule has 9 heteroatoms. The van der Waals surface area contributed by atoms with Gasteiger partial charge in [0.15, 0.2) is 15.6 Å². The lowest BCUT2D eigenvalue weighted by atomic mass is 9.98. The highest BCUT2D eigenvalue weighted by molar-refractivity contribution is 7.91. The molecule has 0 aliphatic carbocycles. The molecule has 0 saturated heterocycles. The van der Waals surface area contributed by atoms with Gasteiger partial charge < -0.3 is 20.1 Å². The maximum absolute atomic E-state index is 12.7. The van der Waals surface area contributed by atoms with Gasteiger partial charge in [-0.25, -0.2) is 8.42 Å². The van der Waals surface area contributed by atoms with Crippen LogP contribution in [0.25, 0.3) is 0 Å². The van der Waals surface area contributed by atoms with Crippen molar-refractivity contribution in [3.8, 4) is 11.5 Å². The first-order valence-corrected chi connectivity index (χ1v) is 12.8. The second kappa shape index (κ2) is 12.0. The molecular weight excluding hydrogens is 460 g/mol. The third-order valence-corrected chi connectivity index (χ3v) is 7.44. The summed E-state index contributed by atoms with van der Waals surface area (Å²) in [5, 5.41) is 29.3. The van der Waals surface area contributed by atoms with Crippen LogP contribution in [0.1, 0.15) is 55.1 Å². The summed E-state index contributed by atoms with van der Waals surface area (Å²) in [5.74, 6) is -2.08. The molecule has 2 aromatic rings. The molecule has 0 amide bonds. The van der Waals surface area contributed by atoms with E-state index in [1.807, 2.05) is 6.92 Å². The van der Waals surface area contributed by atoms with Crippen LogP contribution in [0.3, 0.4) is 0 Å². The number of carboxylic acids is 1. The van der Waals surface area contributed by atoms with Crippen molar-refractivity contribution in [3.63, 3.8) is 0 Å². The summed E-state index contributed by atoms with van der Waals surface area (Å²) in [6, 6.07) is 9.14. The van der Waals surface area contributed by atoms with E-state index in [1.54, 1.807) is 18.2 Å². The number of ketones is 1. The fourth-order valence-electron chi connectivity index (χ4n) is 3.49. The zero-order valence-electron chi connectivity index (χ0n) is 19.7. The van der Waals surface area contributed by atoms with Crippen LogP contribution < -0.4 is 4.74 Å². The quantitative estimate of drug-likeness (QED) is 0.286. The summed E-state index contributed by atoms with van der Waals surface area (Å²) in [6.45, 7) is 4.85. The molecule has 0 bridgehead atoms. The summed E-state index contributed by atoms with van der Waals surface area (Å²) < 4.78 is 31.0. The SMILES string of the molecule is CCCc1c(OCCCS(=O)(=O)c2ccc(CC(O)C(C)C(=O)O)cc2)ccc(C(C)=O)c1O. The molecule has 3 N–H and O–H groups in total. The molecule has 0 aromatic heterocycles. The zero-order valence-corrected chi connectivity index (χ0v) is 20.5. The van der Waals surface area contributed by atoms with Crippen molar-refractivity contribution in [2.75, 3.05) is 12.4 Å². The van der Waals surface area contributed by atoms with Gasteiger partial charge in [-0.15, -0.1) is 0 Å². The number of aliphatic carboxylic acids is 1. The number of carboxylic acid groups (broad SMARTS) is 1. The van der Waals surface area contributed by atoms with E-state index in [4.69, 9.17) is 9.84 Å². The van der Waals surface area contributed by atoms with E-state index in [2.05, 4.69) is 0 Å². The lowest BCUT2D eigenvalue weighted by molar-refractivity contribution is -0.144. The van der Waals surface area contributed by atoms with Crippen molar-refractivity contribution >= 4 is 21.6 Å². The number of rotatable bonds is 13. The van der Waals surface area contributed by atoms with Crippen LogP contribution in [0.15, 0.2) is 41.3 Å². The van der Waals surface area contributed by atoms with Gasteiger partial charge >= 0.3 is 5.97 Å². The number of Topliss-reactive ketones (excluding diaryl/α,β-unsaturated/α-hetero) is 1. The summed E-state index contributed by atoms with van der Waals surface area (Å²) in [6.07, 6.45) is 0.518. The van der Waals surface area contributed by atoms with E-state index >= 15 is 0 Å². The van der Waals surface area contributed by atoms with Crippen LogP contribution in [-0.4, -0.2) is 54.0 Å². The Morgan fingerprint density at radius 2 is 1.74 bits per heavy atom. The van der Waals surface area contributed by atoms with Crippen molar-refractivity contribution in [3.05, 3.63) is 53.1 Å². The number of ether oxygens (including phenoxy) is 1. The molecule has 0 saturated carbocycles. The highest BCUT2D eigenvalue weighted by Crippen LogP contribution is 2.33. The first-order valence-electron chi connectivity index (χ1n) is 11.2. The molecule has 0 heterocycles. The predicted octanol–water partition coefficient (Wildman–Crippen LogP) is 3.41. The molecular formula is C25H32O8S. The highest BCUT2D eigenvalue weighted by atomic mass is 32.2. The van der Waals surface area contributed by atoms with E-state index in [0.29, 0.717) is 23.3 Å². The Kier molecular flexibility index (Phi) is 9.64. The molecule has 0 aliphatic heterocycles. The number of phenols is 1. The monoisotopic (exact) mass is 492 g/mol. The third-order valence-electron chi connectivity index (χ3n) is 5.63. The Hall–Kier alpha value is -2.91. The molecule has 2 unspecified atom stereocenters. The van der Waals surface area contributed by atoms with Crippen molar-refractivity contribution < 1.29 is 38.1 Å². The lowest BCUT2D eigenvalue weighted by Crippen LogP contribution is -2.27. The van der Waals surface area contributed by atoms with Gasteiger partial charge in [0, 0.05) is 5.56 Å². The van der Waals surface area contributed by atoms with Gasteiger partial charge in [0.1, 0.15) is 11.5 Å². The second-order valence-corrected chi connectivity index (χ2v) is 10.4. The summed E-state index contributed by atoms with van der Waals surface area (Å²) in [4.78, 5) is 22.8. The van der Waals surface area contributed by atoms with Gasteiger partial charge in [0.25, 0.3) is 0 Å². The minimum Gasteiger partial charge on any atom is -0.507 e. The average Bonchev–Trinajstić information content (AvgIpc) is 2.78. The van der Waals surface area contributed by atoms with Gasteiger partial charge in [-0.05, 0) is 62.9 Å². The largest absolute Gasteiger partial charge is 0.507 e. The van der Waals surface area contributed by atoms with E-state index in [1.165, 1.54) is 32.0 Å². The fraction of sp³-hybridized carbons (Fsp3) is 0.440. The maximum Gasteiger partial charge on any atom is 0.308 e. The van der Waals surface area contributed by atoms with Crippen molar-refractivity contribution in [2.45, 2.75) is 57.5 Å². The fourth-order valence-corrected chi connectivity index (χ4v) is 4.78. The Balaban J connectivity index is 1.98. The molecule has 8 nitrogen and oxygen atoms in total. The van der Waals surface area contributed by atoms with Crippen molar-refractivity contribution in [1.29, 1.82) is 0 Å². The van der Waals surface area contributed by atoms with E-state index in [-0.39, 0.29) is 47.2 Å². The first-order chi connectivity index (χ1) is 16.0. The van der Waals surface area contributed by atoms with Gasteiger partial charge in [-0.1, -0.05) is 25.5 Å². The number of benzene rings is 2. The van der Waals surface area contributed by atoms with E-state index in [9.17, 15) is 28.2 Å². The van der Waals surface area contributed by atoms with Crippen molar-refractivity contribution in [1.82, 2.24) is 0 Å². The molecule has 2 aromatic carbocycles. The molecule has 0 spiro atoms. The van der Waals surface area contributed by atoms with Crippen LogP contribution in [-0.2, 0) is 27.5 Å². The Morgan fingerprint density at radius 3 is 2.29 bits per heavy atom. The Morgan fingerprint density at radius 1 is 1.09 bits per heavy atom. The minimum atomic E-state index is -3.57. The van der Waals surface area contributed by atoms with Gasteiger partial charge in [0.2, 0.25) is 0 Å². The maximum atomic E-state index is 12.7. The molecule has 0 radical (unpaired) electrons. The van der Waals surface area contributed by atoms with Crippen LogP contribution in [0.2, 0.25) is 0 Å². The number of hydrogen-bond acceptors (Lipinski definition) is 7. The number of phenolic OH excluding ortho intramolecular Hbond substituents is 1. The number of aliphatic hydroxyl groups is 1. The van der Waals surface area contributed by atoms with Crippen LogP contribution in [0.4, 0.5) is 0 Å². The standard InChI is InChI=1S/C25H32O8S/c1-4-6-21-23(12-11-20(17(3)26)24(21)28)33-13-5-14-34(31,32)19-9-7-18(8-10-19)15-22(27)16(2)25(29)30/h7-12,16,22,27-28H,4-6,13-15H2,1-3H3,(H,29,30). The predicted molar refractivity (Wildman–Crippen MR) is 127 cm³/mol. The van der Waals surface area contributed by atoms with E-state index < -0.39 is 27.8 Å². The lowest BCUT2D eigenvalue weighted by Gasteiger charge is -2.15. The van der Waals surface area contributed by atoms with Gasteiger partial charge in [0.05, 0.1) is 34.8 Å². The van der Waals surface area contributed by atoms with Gasteiger partial charge in [-0.2, -0.15) is 0 Å². The van der Waals surface area contributed by atoms with Crippen LogP contribution >= 0.6 is 0 Å². The van der Waals surface area contributed by atoms with Crippen LogP contribution in [0.5, 0.6) is 11.5 Å². The topological polar surface area (TPSA) is 138 Å². The smallest absolute Gasteiger partial charge is 0.308 e. The minimum absolute atomic E-state index is 0.0950. The molecule has 34 heavy (non-hydrogen) atoms. The Labute approximate surface area is 200 Å². The molecule has 2 atom stereocenters. The summed E-state index contributed by atoms with van der Waals surface area (Å²) >= 11 is 0. The number of carbonyl (C=O) groups excluding carboxylic acids is 1. The number of hydrogen-bond donors (Lipinski definition) is 3. The number of carbonyl (C=O) groups is 2. The normalized spacial score (nSPS) is 13.3. The van der Waals surface area contributed by atoms with E-state index in [0.717, 1.165) is 6.42 Å². The number of sulfone groups is 1. The third kappa shape index (κ3) is 7.04. The molecule has 2 rings (SSSR count). The highest BCUT2D eigenvalue weighted by Gasteiger charge is 2.22. The van der Waals surface area contributed by atoms with Crippen molar-refractivity contribution in [2.24, 2.45) is 5.92 Å². The van der Waals surface area contributed by atoms with Gasteiger partial charge in [-0.3, -0.25) is 9.59 Å². The van der Waals surface area contributed by atoms with Crippen LogP contribution in [0, 0.1) is 5.92 Å². The first kappa shape index (κ1) is 27.3. The molecule has 0 aliphatic rings. The summed E-state index contributed by atoms with van der Waals surface area (Å²) in [5.41, 5.74) is 1.40. The number of aromatic hydroxyl groups is 1. The number of aliphatic hydroxyl groups excluding tert-OH is 1. The molecule has 0 fully saturated rings. The average molecular weight is 493 g/mol. The summed E-state index contributed by atoms with van der Waals surface area (Å²) in [7, 11) is -3.57. The Bertz CT molecular complexity index is 1110. The molecule has 186 valence electrons.